The van der Waals surface area contributed by atoms with E-state index >= 15 is 0 Å². The number of nitrogens with one attached hydrogen (secondary N) is 3. The fourth-order valence-corrected chi connectivity index (χ4v) is 1.96. The maximum atomic E-state index is 13.6. The number of hydrogen-bond donors (Lipinski definition) is 3. The maximum absolute atomic E-state index is 13.6. The molecule has 134 valence electrons. The monoisotopic (exact) mass is 346 g/mol. The van der Waals surface area contributed by atoms with Crippen molar-refractivity contribution >= 4 is 17.5 Å². The largest absolute Gasteiger partial charge is 0.347 e. The summed E-state index contributed by atoms with van der Waals surface area (Å²) in [4.78, 5) is 24.6. The Labute approximate surface area is 139 Å². The van der Waals surface area contributed by atoms with Gasteiger partial charge in [0.05, 0.1) is 12.7 Å². The molecule has 1 aromatic rings. The van der Waals surface area contributed by atoms with Crippen molar-refractivity contribution in [3.05, 3.63) is 29.6 Å². The van der Waals surface area contributed by atoms with Crippen molar-refractivity contribution < 1.29 is 27.7 Å². The summed E-state index contributed by atoms with van der Waals surface area (Å²) < 4.78 is 39.6. The van der Waals surface area contributed by atoms with Crippen LogP contribution in [0.4, 0.5) is 18.9 Å². The van der Waals surface area contributed by atoms with Crippen LogP contribution in [0.3, 0.4) is 0 Å². The Morgan fingerprint density at radius 1 is 1.17 bits per heavy atom. The van der Waals surface area contributed by atoms with Gasteiger partial charge >= 0.3 is 0 Å². The molecule has 1 unspecified atom stereocenters. The van der Waals surface area contributed by atoms with Crippen molar-refractivity contribution in [2.75, 3.05) is 18.9 Å². The average Bonchev–Trinajstić information content (AvgIpc) is 2.44. The zero-order valence-electron chi connectivity index (χ0n) is 14.4. The summed E-state index contributed by atoms with van der Waals surface area (Å²) >= 11 is 0. The molecule has 0 radical (unpaired) electrons. The predicted octanol–water partition coefficient (Wildman–Crippen LogP) is 0.860. The minimum atomic E-state index is -1.65. The zero-order valence-corrected chi connectivity index (χ0v) is 14.4. The van der Waals surface area contributed by atoms with Crippen LogP contribution in [0, 0.1) is 17.5 Å². The first kappa shape index (κ1) is 20.0. The van der Waals surface area contributed by atoms with E-state index in [1.54, 1.807) is 14.0 Å². The third kappa shape index (κ3) is 5.52. The third-order valence-electron chi connectivity index (χ3n) is 3.38. The van der Waals surface area contributed by atoms with Gasteiger partial charge in [-0.2, -0.15) is 0 Å². The lowest BCUT2D eigenvalue weighted by atomic mass is 10.1. The Hall–Kier alpha value is -2.09. The lowest BCUT2D eigenvalue weighted by Crippen LogP contribution is -3.15. The molecule has 0 bridgehead atoms. The van der Waals surface area contributed by atoms with Crippen molar-refractivity contribution in [2.45, 2.75) is 39.3 Å². The molecule has 8 heteroatoms. The average molecular weight is 346 g/mol. The van der Waals surface area contributed by atoms with Crippen molar-refractivity contribution in [3.63, 3.8) is 0 Å². The van der Waals surface area contributed by atoms with Crippen LogP contribution in [-0.4, -0.2) is 37.0 Å². The Bertz CT molecular complexity index is 630. The summed E-state index contributed by atoms with van der Waals surface area (Å²) in [6.45, 7) is 7.09. The van der Waals surface area contributed by atoms with Gasteiger partial charge in [0.2, 0.25) is 0 Å². The highest BCUT2D eigenvalue weighted by Gasteiger charge is 2.26. The lowest BCUT2D eigenvalue weighted by molar-refractivity contribution is -0.885. The molecule has 5 nitrogen and oxygen atoms in total. The standard InChI is InChI=1S/C16H22F3N3O2/c1-9(22(5)8-12(23)21-16(2,3)4)15(24)20-11-7-6-10(17)13(18)14(11)19/h6-7,9H,8H2,1-5H3,(H,20,24)(H,21,23)/p+1/t9-/m1/s1. The Kier molecular flexibility index (Phi) is 6.36. The van der Waals surface area contributed by atoms with Gasteiger partial charge in [0.1, 0.15) is 0 Å². The first-order valence-corrected chi connectivity index (χ1v) is 7.50. The smallest absolute Gasteiger partial charge is 0.282 e. The summed E-state index contributed by atoms with van der Waals surface area (Å²) in [6.07, 6.45) is 0. The van der Waals surface area contributed by atoms with E-state index in [0.717, 1.165) is 12.1 Å². The van der Waals surface area contributed by atoms with Gasteiger partial charge in [0.25, 0.3) is 11.8 Å². The molecule has 0 fully saturated rings. The van der Waals surface area contributed by atoms with Crippen LogP contribution in [0.2, 0.25) is 0 Å². The SMILES string of the molecule is C[C@H](C(=O)Nc1ccc(F)c(F)c1F)[NH+](C)CC(=O)NC(C)(C)C. The van der Waals surface area contributed by atoms with Gasteiger partial charge in [-0.15, -0.1) is 0 Å². The van der Waals surface area contributed by atoms with Crippen LogP contribution in [0.15, 0.2) is 12.1 Å². The van der Waals surface area contributed by atoms with Gasteiger partial charge in [-0.25, -0.2) is 13.2 Å². The van der Waals surface area contributed by atoms with E-state index in [1.165, 1.54) is 0 Å². The second-order valence-corrected chi connectivity index (χ2v) is 6.76. The third-order valence-corrected chi connectivity index (χ3v) is 3.38. The second-order valence-electron chi connectivity index (χ2n) is 6.76. The lowest BCUT2D eigenvalue weighted by Gasteiger charge is -2.24. The maximum Gasteiger partial charge on any atom is 0.282 e. The first-order chi connectivity index (χ1) is 10.9. The molecule has 2 amide bonds. The molecule has 0 aliphatic heterocycles. The molecule has 2 atom stereocenters. The molecule has 0 aliphatic carbocycles. The molecular formula is C16H23F3N3O2+. The topological polar surface area (TPSA) is 62.6 Å². The number of rotatable bonds is 5. The molecule has 0 aromatic heterocycles. The van der Waals surface area contributed by atoms with Crippen molar-refractivity contribution in [2.24, 2.45) is 0 Å². The number of carbonyl (C=O) groups excluding carboxylic acids is 2. The molecule has 0 saturated heterocycles. The molecule has 0 heterocycles. The van der Waals surface area contributed by atoms with Crippen molar-refractivity contribution in [3.8, 4) is 0 Å². The highest BCUT2D eigenvalue weighted by Crippen LogP contribution is 2.19. The molecular weight excluding hydrogens is 323 g/mol. The highest BCUT2D eigenvalue weighted by molar-refractivity contribution is 5.93. The van der Waals surface area contributed by atoms with E-state index in [2.05, 4.69) is 10.6 Å². The fourth-order valence-electron chi connectivity index (χ4n) is 1.96. The molecule has 1 rings (SSSR count). The Morgan fingerprint density at radius 3 is 2.29 bits per heavy atom. The first-order valence-electron chi connectivity index (χ1n) is 7.50. The van der Waals surface area contributed by atoms with Gasteiger partial charge in [-0.1, -0.05) is 0 Å². The number of likely N-dealkylation sites (N-methyl/N-ethyl adjacent to an activating group) is 1. The zero-order chi connectivity index (χ0) is 18.7. The van der Waals surface area contributed by atoms with Gasteiger partial charge in [0.15, 0.2) is 30.0 Å². The van der Waals surface area contributed by atoms with Crippen molar-refractivity contribution in [1.29, 1.82) is 0 Å². The van der Waals surface area contributed by atoms with E-state index in [-0.39, 0.29) is 12.5 Å². The predicted molar refractivity (Wildman–Crippen MR) is 84.1 cm³/mol. The van der Waals surface area contributed by atoms with Crippen LogP contribution in [0.1, 0.15) is 27.7 Å². The minimum Gasteiger partial charge on any atom is -0.347 e. The summed E-state index contributed by atoms with van der Waals surface area (Å²) in [5.41, 5.74) is -0.838. The quantitative estimate of drug-likeness (QED) is 0.693. The Morgan fingerprint density at radius 2 is 1.75 bits per heavy atom. The van der Waals surface area contributed by atoms with Gasteiger partial charge in [-0.05, 0) is 39.8 Å². The second kappa shape index (κ2) is 7.65. The molecule has 0 saturated carbocycles. The number of carbonyl (C=O) groups is 2. The fraction of sp³-hybridized carbons (Fsp3) is 0.500. The molecule has 0 spiro atoms. The minimum absolute atomic E-state index is 0.0338. The van der Waals surface area contributed by atoms with Crippen LogP contribution in [-0.2, 0) is 9.59 Å². The number of hydrogen-bond acceptors (Lipinski definition) is 2. The molecule has 1 aromatic carbocycles. The van der Waals surface area contributed by atoms with E-state index in [4.69, 9.17) is 0 Å². The van der Waals surface area contributed by atoms with E-state index in [1.807, 2.05) is 20.8 Å². The van der Waals surface area contributed by atoms with Gasteiger partial charge < -0.3 is 15.5 Å². The van der Waals surface area contributed by atoms with Gasteiger partial charge in [-0.3, -0.25) is 9.59 Å². The summed E-state index contributed by atoms with van der Waals surface area (Å²) in [7, 11) is 1.63. The number of halogens is 3. The molecule has 0 aliphatic rings. The van der Waals surface area contributed by atoms with Crippen LogP contribution in [0.25, 0.3) is 0 Å². The number of quaternary nitrogens is 1. The molecule has 24 heavy (non-hydrogen) atoms. The number of benzene rings is 1. The highest BCUT2D eigenvalue weighted by atomic mass is 19.2. The van der Waals surface area contributed by atoms with Crippen LogP contribution >= 0.6 is 0 Å². The van der Waals surface area contributed by atoms with Gasteiger partial charge in [0, 0.05) is 5.54 Å². The molecule has 3 N–H and O–H groups in total. The van der Waals surface area contributed by atoms with E-state index < -0.39 is 40.6 Å². The van der Waals surface area contributed by atoms with Crippen LogP contribution in [0.5, 0.6) is 0 Å². The Balaban J connectivity index is 2.71. The van der Waals surface area contributed by atoms with Crippen LogP contribution < -0.4 is 15.5 Å². The van der Waals surface area contributed by atoms with E-state index in [9.17, 15) is 22.8 Å². The summed E-state index contributed by atoms with van der Waals surface area (Å²) in [6, 6.07) is 0.967. The number of amides is 2. The normalized spacial score (nSPS) is 14.0. The number of anilines is 1. The summed E-state index contributed by atoms with van der Waals surface area (Å²) in [5, 5.41) is 4.98. The van der Waals surface area contributed by atoms with E-state index in [0.29, 0.717) is 4.90 Å². The van der Waals surface area contributed by atoms with Crippen molar-refractivity contribution in [1.82, 2.24) is 5.32 Å². The summed E-state index contributed by atoms with van der Waals surface area (Å²) in [5.74, 6) is -5.29.